The molecule has 2 aromatic carbocycles. The Kier molecular flexibility index (Phi) is 6.46. The van der Waals surface area contributed by atoms with Crippen molar-refractivity contribution in [3.8, 4) is 23.0 Å². The fourth-order valence-electron chi connectivity index (χ4n) is 2.51. The molecule has 0 fully saturated rings. The van der Waals surface area contributed by atoms with Crippen LogP contribution in [0.2, 0.25) is 10.0 Å². The summed E-state index contributed by atoms with van der Waals surface area (Å²) >= 11 is 12.3. The first-order valence-corrected chi connectivity index (χ1v) is 8.10. The van der Waals surface area contributed by atoms with Crippen molar-refractivity contribution in [2.24, 2.45) is 0 Å². The van der Waals surface area contributed by atoms with Gasteiger partial charge in [0, 0.05) is 12.1 Å². The summed E-state index contributed by atoms with van der Waals surface area (Å²) in [4.78, 5) is 0. The number of benzene rings is 2. The van der Waals surface area contributed by atoms with Crippen molar-refractivity contribution in [2.45, 2.75) is 12.8 Å². The number of halogens is 2. The Balaban J connectivity index is 2.30. The second-order valence-corrected chi connectivity index (χ2v) is 5.91. The highest BCUT2D eigenvalue weighted by atomic mass is 35.5. The third-order valence-electron chi connectivity index (χ3n) is 3.77. The highest BCUT2D eigenvalue weighted by molar-refractivity contribution is 6.32. The van der Waals surface area contributed by atoms with E-state index in [4.69, 9.17) is 42.1 Å². The number of aryl methyl sites for hydroxylation is 2. The molecule has 24 heavy (non-hydrogen) atoms. The summed E-state index contributed by atoms with van der Waals surface area (Å²) in [5.74, 6) is 2.68. The fraction of sp³-hybridized carbons (Fsp3) is 0.333. The molecular weight excluding hydrogens is 351 g/mol. The van der Waals surface area contributed by atoms with E-state index in [0.717, 1.165) is 35.5 Å². The lowest BCUT2D eigenvalue weighted by molar-refractivity contribution is 0.395. The van der Waals surface area contributed by atoms with E-state index < -0.39 is 0 Å². The van der Waals surface area contributed by atoms with Crippen molar-refractivity contribution in [1.29, 1.82) is 0 Å². The largest absolute Gasteiger partial charge is 0.496 e. The zero-order valence-electron chi connectivity index (χ0n) is 14.1. The maximum absolute atomic E-state index is 6.15. The minimum atomic E-state index is 0.517. The normalized spacial score (nSPS) is 10.4. The molecule has 0 amide bonds. The van der Waals surface area contributed by atoms with Crippen LogP contribution in [-0.4, -0.2) is 28.4 Å². The number of hydrogen-bond donors (Lipinski definition) is 0. The zero-order valence-corrected chi connectivity index (χ0v) is 15.6. The molecule has 4 nitrogen and oxygen atoms in total. The van der Waals surface area contributed by atoms with Gasteiger partial charge in [0.15, 0.2) is 0 Å². The number of methoxy groups -OCH3 is 4. The summed E-state index contributed by atoms with van der Waals surface area (Å²) in [6, 6.07) is 7.30. The third-order valence-corrected chi connectivity index (χ3v) is 4.36. The molecule has 0 N–H and O–H groups in total. The second-order valence-electron chi connectivity index (χ2n) is 5.10. The molecular formula is C18H20Cl2O4. The van der Waals surface area contributed by atoms with Gasteiger partial charge in [0.1, 0.15) is 23.0 Å². The van der Waals surface area contributed by atoms with Gasteiger partial charge in [-0.2, -0.15) is 0 Å². The molecule has 0 atom stereocenters. The predicted molar refractivity (Wildman–Crippen MR) is 96.5 cm³/mol. The fourth-order valence-corrected chi connectivity index (χ4v) is 2.97. The molecule has 0 saturated carbocycles. The molecule has 130 valence electrons. The third kappa shape index (κ3) is 4.00. The highest BCUT2D eigenvalue weighted by Crippen LogP contribution is 2.36. The van der Waals surface area contributed by atoms with E-state index in [2.05, 4.69) is 0 Å². The molecule has 2 aromatic rings. The van der Waals surface area contributed by atoms with E-state index >= 15 is 0 Å². The van der Waals surface area contributed by atoms with Crippen LogP contribution in [0.25, 0.3) is 0 Å². The van der Waals surface area contributed by atoms with Crippen molar-refractivity contribution >= 4 is 23.2 Å². The van der Waals surface area contributed by atoms with Crippen molar-refractivity contribution in [1.82, 2.24) is 0 Å². The molecule has 2 rings (SSSR count). The van der Waals surface area contributed by atoms with E-state index in [1.54, 1.807) is 40.6 Å². The van der Waals surface area contributed by atoms with Crippen molar-refractivity contribution < 1.29 is 18.9 Å². The molecule has 0 radical (unpaired) electrons. The summed E-state index contributed by atoms with van der Waals surface area (Å²) in [7, 11) is 6.41. The van der Waals surface area contributed by atoms with Crippen LogP contribution in [-0.2, 0) is 12.8 Å². The van der Waals surface area contributed by atoms with Crippen LogP contribution in [0.3, 0.4) is 0 Å². The van der Waals surface area contributed by atoms with E-state index in [-0.39, 0.29) is 0 Å². The molecule has 0 aliphatic rings. The summed E-state index contributed by atoms with van der Waals surface area (Å²) in [5, 5.41) is 1.03. The molecule has 0 spiro atoms. The Morgan fingerprint density at radius 2 is 0.917 bits per heavy atom. The molecule has 6 heteroatoms. The molecule has 0 aliphatic heterocycles. The molecule has 0 saturated heterocycles. The number of hydrogen-bond acceptors (Lipinski definition) is 4. The molecule has 0 aliphatic carbocycles. The van der Waals surface area contributed by atoms with Crippen molar-refractivity contribution in [2.75, 3.05) is 28.4 Å². The molecule has 0 unspecified atom stereocenters. The Morgan fingerprint density at radius 1 is 0.583 bits per heavy atom. The monoisotopic (exact) mass is 370 g/mol. The van der Waals surface area contributed by atoms with Gasteiger partial charge >= 0.3 is 0 Å². The summed E-state index contributed by atoms with van der Waals surface area (Å²) in [6.07, 6.45) is 1.44. The van der Waals surface area contributed by atoms with Gasteiger partial charge in [0.2, 0.25) is 0 Å². The Morgan fingerprint density at radius 3 is 1.21 bits per heavy atom. The summed E-state index contributed by atoms with van der Waals surface area (Å²) in [6.45, 7) is 0. The van der Waals surface area contributed by atoms with Crippen LogP contribution in [0.1, 0.15) is 11.1 Å². The first-order chi connectivity index (χ1) is 11.5. The van der Waals surface area contributed by atoms with Gasteiger partial charge in [-0.05, 0) is 36.1 Å². The number of ether oxygens (including phenoxy) is 4. The molecule has 0 aromatic heterocycles. The van der Waals surface area contributed by atoms with Gasteiger partial charge in [-0.3, -0.25) is 0 Å². The minimum Gasteiger partial charge on any atom is -0.496 e. The van der Waals surface area contributed by atoms with E-state index in [9.17, 15) is 0 Å². The lowest BCUT2D eigenvalue weighted by atomic mass is 10.0. The first-order valence-electron chi connectivity index (χ1n) is 7.34. The second kappa shape index (κ2) is 8.36. The van der Waals surface area contributed by atoms with E-state index in [1.807, 2.05) is 12.1 Å². The average Bonchev–Trinajstić information content (AvgIpc) is 2.60. The first kappa shape index (κ1) is 18.6. The Bertz CT molecular complexity index is 655. The van der Waals surface area contributed by atoms with Crippen LogP contribution in [0.15, 0.2) is 24.3 Å². The number of rotatable bonds is 7. The smallest absolute Gasteiger partial charge is 0.137 e. The Labute approximate surface area is 152 Å². The minimum absolute atomic E-state index is 0.517. The van der Waals surface area contributed by atoms with Crippen molar-refractivity contribution in [3.05, 3.63) is 45.4 Å². The van der Waals surface area contributed by atoms with E-state index in [0.29, 0.717) is 21.5 Å². The van der Waals surface area contributed by atoms with Gasteiger partial charge < -0.3 is 18.9 Å². The average molecular weight is 371 g/mol. The van der Waals surface area contributed by atoms with Gasteiger partial charge in [0.05, 0.1) is 38.5 Å². The van der Waals surface area contributed by atoms with E-state index in [1.165, 1.54) is 0 Å². The SMILES string of the molecule is COc1cc(CCc2cc(OC)c(Cl)cc2OC)c(OC)cc1Cl. The van der Waals surface area contributed by atoms with Gasteiger partial charge in [-0.1, -0.05) is 23.2 Å². The van der Waals surface area contributed by atoms with Gasteiger partial charge in [0.25, 0.3) is 0 Å². The molecule has 0 bridgehead atoms. The zero-order chi connectivity index (χ0) is 17.7. The quantitative estimate of drug-likeness (QED) is 0.700. The topological polar surface area (TPSA) is 36.9 Å². The maximum atomic E-state index is 6.15. The van der Waals surface area contributed by atoms with Crippen LogP contribution < -0.4 is 18.9 Å². The van der Waals surface area contributed by atoms with Gasteiger partial charge in [-0.15, -0.1) is 0 Å². The van der Waals surface area contributed by atoms with Gasteiger partial charge in [-0.25, -0.2) is 0 Å². The summed E-state index contributed by atoms with van der Waals surface area (Å²) in [5.41, 5.74) is 1.99. The standard InChI is InChI=1S/C18H20Cl2O4/c1-21-15-9-13(19)17(23-3)7-11(15)5-6-12-8-18(24-4)14(20)10-16(12)22-2/h7-10H,5-6H2,1-4H3. The van der Waals surface area contributed by atoms with Crippen LogP contribution in [0.4, 0.5) is 0 Å². The predicted octanol–water partition coefficient (Wildman–Crippen LogP) is 4.81. The van der Waals surface area contributed by atoms with Crippen LogP contribution >= 0.6 is 23.2 Å². The lowest BCUT2D eigenvalue weighted by Crippen LogP contribution is -2.00. The molecule has 0 heterocycles. The van der Waals surface area contributed by atoms with Crippen molar-refractivity contribution in [3.63, 3.8) is 0 Å². The lowest BCUT2D eigenvalue weighted by Gasteiger charge is -2.14. The maximum Gasteiger partial charge on any atom is 0.137 e. The Hall–Kier alpha value is -1.78. The van der Waals surface area contributed by atoms with Crippen LogP contribution in [0.5, 0.6) is 23.0 Å². The summed E-state index contributed by atoms with van der Waals surface area (Å²) < 4.78 is 21.4. The van der Waals surface area contributed by atoms with Crippen LogP contribution in [0, 0.1) is 0 Å². The highest BCUT2D eigenvalue weighted by Gasteiger charge is 2.13.